The second kappa shape index (κ2) is 7.01. The molecule has 1 aromatic rings. The Labute approximate surface area is 131 Å². The number of hydrogen-bond donors (Lipinski definition) is 2. The average Bonchev–Trinajstić information content (AvgIpc) is 2.28. The third-order valence-corrected chi connectivity index (χ3v) is 3.32. The zero-order valence-electron chi connectivity index (χ0n) is 9.28. The van der Waals surface area contributed by atoms with Gasteiger partial charge in [0, 0.05) is 0 Å². The van der Waals surface area contributed by atoms with Crippen molar-refractivity contribution in [3.8, 4) is 0 Å². The monoisotopic (exact) mass is 298 g/mol. The summed E-state index contributed by atoms with van der Waals surface area (Å²) in [5.74, 6) is -2.85. The summed E-state index contributed by atoms with van der Waals surface area (Å²) in [6.07, 6.45) is 0. The first kappa shape index (κ1) is 18.1. The van der Waals surface area contributed by atoms with E-state index in [9.17, 15) is 18.0 Å². The Bertz CT molecular complexity index is 562. The summed E-state index contributed by atoms with van der Waals surface area (Å²) >= 11 is 0. The first-order chi connectivity index (χ1) is 8.27. The minimum atomic E-state index is -4.15. The van der Waals surface area contributed by atoms with Crippen molar-refractivity contribution in [2.75, 3.05) is 6.61 Å². The Morgan fingerprint density at radius 1 is 1.11 bits per heavy atom. The molecule has 0 unspecified atom stereocenters. The van der Waals surface area contributed by atoms with Gasteiger partial charge in [0.15, 0.2) is 0 Å². The zero-order valence-corrected chi connectivity index (χ0v) is 10.1. The van der Waals surface area contributed by atoms with E-state index in [1.807, 2.05) is 0 Å². The Hall–Kier alpha value is -0.930. The molecule has 0 aliphatic rings. The standard InChI is InChI=1S/C10H10O7S.Na.H/c1-2-17-18(15,16)8-4-6(9(11)12)3-7(5-8)10(13)14;;/h3-5H,2H2,1H3,(H,11,12)(H,13,14);;. The van der Waals surface area contributed by atoms with Crippen LogP contribution in [0.4, 0.5) is 0 Å². The van der Waals surface area contributed by atoms with Gasteiger partial charge in [0.05, 0.1) is 22.6 Å². The molecule has 0 heterocycles. The first-order valence-electron chi connectivity index (χ1n) is 4.79. The summed E-state index contributed by atoms with van der Waals surface area (Å²) in [6.45, 7) is 1.30. The van der Waals surface area contributed by atoms with Crippen molar-refractivity contribution in [2.24, 2.45) is 0 Å². The molecule has 0 saturated heterocycles. The van der Waals surface area contributed by atoms with E-state index < -0.39 is 38.1 Å². The molecule has 0 fully saturated rings. The van der Waals surface area contributed by atoms with Crippen molar-refractivity contribution in [2.45, 2.75) is 11.8 Å². The van der Waals surface area contributed by atoms with Gasteiger partial charge in [-0.25, -0.2) is 9.59 Å². The average molecular weight is 298 g/mol. The quantitative estimate of drug-likeness (QED) is 0.587. The van der Waals surface area contributed by atoms with Crippen molar-refractivity contribution >= 4 is 51.6 Å². The van der Waals surface area contributed by atoms with Crippen molar-refractivity contribution < 1.29 is 32.4 Å². The molecule has 0 radical (unpaired) electrons. The number of carboxylic acids is 2. The number of benzene rings is 1. The third-order valence-electron chi connectivity index (χ3n) is 1.96. The summed E-state index contributed by atoms with van der Waals surface area (Å²) in [6, 6.07) is 2.56. The number of carbonyl (C=O) groups is 2. The number of carboxylic acid groups (broad SMARTS) is 2. The fourth-order valence-corrected chi connectivity index (χ4v) is 2.20. The van der Waals surface area contributed by atoms with E-state index in [0.29, 0.717) is 0 Å². The van der Waals surface area contributed by atoms with Gasteiger partial charge in [-0.05, 0) is 25.1 Å². The van der Waals surface area contributed by atoms with Crippen molar-refractivity contribution in [3.63, 3.8) is 0 Å². The maximum absolute atomic E-state index is 11.6. The number of hydrogen-bond acceptors (Lipinski definition) is 5. The van der Waals surface area contributed by atoms with Crippen LogP contribution in [0.15, 0.2) is 23.1 Å². The molecular formula is C10H11NaO7S. The molecule has 1 aromatic carbocycles. The Kier molecular flexibility index (Phi) is 6.67. The number of rotatable bonds is 5. The van der Waals surface area contributed by atoms with Crippen LogP contribution in [0.5, 0.6) is 0 Å². The Balaban J connectivity index is 0.00000324. The van der Waals surface area contributed by atoms with E-state index in [2.05, 4.69) is 4.18 Å². The van der Waals surface area contributed by atoms with Crippen LogP contribution in [0.2, 0.25) is 0 Å². The van der Waals surface area contributed by atoms with Crippen LogP contribution >= 0.6 is 0 Å². The molecule has 9 heteroatoms. The summed E-state index contributed by atoms with van der Waals surface area (Å²) < 4.78 is 27.6. The fraction of sp³-hybridized carbons (Fsp3) is 0.200. The summed E-state index contributed by atoms with van der Waals surface area (Å²) in [7, 11) is -4.15. The van der Waals surface area contributed by atoms with Crippen LogP contribution in [0.3, 0.4) is 0 Å². The number of aromatic carboxylic acids is 2. The van der Waals surface area contributed by atoms with Crippen LogP contribution in [0.25, 0.3) is 0 Å². The van der Waals surface area contributed by atoms with Gasteiger partial charge in [-0.2, -0.15) is 8.42 Å². The van der Waals surface area contributed by atoms with Gasteiger partial charge >= 0.3 is 41.5 Å². The molecule has 0 bridgehead atoms. The molecule has 100 valence electrons. The van der Waals surface area contributed by atoms with Crippen LogP contribution in [-0.2, 0) is 14.3 Å². The topological polar surface area (TPSA) is 118 Å². The van der Waals surface area contributed by atoms with Gasteiger partial charge in [-0.3, -0.25) is 4.18 Å². The van der Waals surface area contributed by atoms with Gasteiger partial charge in [0.2, 0.25) is 0 Å². The predicted molar refractivity (Wildman–Crippen MR) is 66.3 cm³/mol. The molecule has 0 aliphatic heterocycles. The summed E-state index contributed by atoms with van der Waals surface area (Å²) in [5.41, 5.74) is -0.874. The molecule has 0 aromatic heterocycles. The van der Waals surface area contributed by atoms with Gasteiger partial charge in [0.25, 0.3) is 10.1 Å². The zero-order chi connectivity index (χ0) is 13.9. The third kappa shape index (κ3) is 4.59. The molecule has 0 atom stereocenters. The van der Waals surface area contributed by atoms with E-state index in [1.165, 1.54) is 6.92 Å². The maximum atomic E-state index is 11.6. The second-order valence-corrected chi connectivity index (χ2v) is 4.83. The van der Waals surface area contributed by atoms with Gasteiger partial charge in [0.1, 0.15) is 0 Å². The molecule has 0 saturated carbocycles. The molecule has 0 aliphatic carbocycles. The molecule has 7 nitrogen and oxygen atoms in total. The molecule has 1 rings (SSSR count). The van der Waals surface area contributed by atoms with Crippen molar-refractivity contribution in [3.05, 3.63) is 29.3 Å². The molecular weight excluding hydrogens is 287 g/mol. The van der Waals surface area contributed by atoms with Crippen LogP contribution in [0, 0.1) is 0 Å². The molecule has 2 N–H and O–H groups in total. The Morgan fingerprint density at radius 3 is 1.84 bits per heavy atom. The normalized spacial score (nSPS) is 10.6. The van der Waals surface area contributed by atoms with E-state index in [4.69, 9.17) is 10.2 Å². The van der Waals surface area contributed by atoms with Crippen LogP contribution in [0.1, 0.15) is 27.6 Å². The molecule has 19 heavy (non-hydrogen) atoms. The predicted octanol–water partition coefficient (Wildman–Crippen LogP) is 0.160. The van der Waals surface area contributed by atoms with E-state index in [1.54, 1.807) is 0 Å². The fourth-order valence-electron chi connectivity index (χ4n) is 1.21. The van der Waals surface area contributed by atoms with Crippen molar-refractivity contribution in [1.82, 2.24) is 0 Å². The van der Waals surface area contributed by atoms with E-state index in [0.717, 1.165) is 18.2 Å². The van der Waals surface area contributed by atoms with Crippen molar-refractivity contribution in [1.29, 1.82) is 0 Å². The first-order valence-corrected chi connectivity index (χ1v) is 6.20. The Morgan fingerprint density at radius 2 is 1.53 bits per heavy atom. The summed E-state index contributed by atoms with van der Waals surface area (Å²) in [4.78, 5) is 21.1. The van der Waals surface area contributed by atoms with Crippen LogP contribution in [-0.4, -0.2) is 66.7 Å². The van der Waals surface area contributed by atoms with Gasteiger partial charge in [-0.15, -0.1) is 0 Å². The van der Waals surface area contributed by atoms with Crippen LogP contribution < -0.4 is 0 Å². The second-order valence-electron chi connectivity index (χ2n) is 3.22. The molecule has 0 spiro atoms. The van der Waals surface area contributed by atoms with Gasteiger partial charge < -0.3 is 10.2 Å². The summed E-state index contributed by atoms with van der Waals surface area (Å²) in [5, 5.41) is 17.6. The van der Waals surface area contributed by atoms with E-state index >= 15 is 0 Å². The molecule has 0 amide bonds. The van der Waals surface area contributed by atoms with Gasteiger partial charge in [-0.1, -0.05) is 0 Å². The minimum absolute atomic E-state index is 0. The van der Waals surface area contributed by atoms with E-state index in [-0.39, 0.29) is 36.2 Å². The SMILES string of the molecule is CCOS(=O)(=O)c1cc(C(=O)O)cc(C(=O)O)c1.[NaH].